The second-order valence-corrected chi connectivity index (χ2v) is 5.69. The smallest absolute Gasteiger partial charge is 0.185 e. The lowest BCUT2D eigenvalue weighted by atomic mass is 9.95. The quantitative estimate of drug-likeness (QED) is 0.865. The van der Waals surface area contributed by atoms with Gasteiger partial charge in [-0.1, -0.05) is 11.8 Å². The van der Waals surface area contributed by atoms with Gasteiger partial charge in [-0.25, -0.2) is 0 Å². The molecule has 106 valence electrons. The van der Waals surface area contributed by atoms with Crippen molar-refractivity contribution in [3.8, 4) is 5.75 Å². The molecule has 0 bridgehead atoms. The predicted octanol–water partition coefficient (Wildman–Crippen LogP) is 1.99. The lowest BCUT2D eigenvalue weighted by Gasteiger charge is -2.22. The zero-order chi connectivity index (χ0) is 14.6. The molecule has 2 atom stereocenters. The van der Waals surface area contributed by atoms with Gasteiger partial charge in [-0.15, -0.1) is 0 Å². The van der Waals surface area contributed by atoms with Crippen molar-refractivity contribution in [2.24, 2.45) is 0 Å². The first-order valence-electron chi connectivity index (χ1n) is 6.01. The lowest BCUT2D eigenvalue weighted by molar-refractivity contribution is -0.109. The fourth-order valence-corrected chi connectivity index (χ4v) is 2.59. The fraction of sp³-hybridized carbons (Fsp3) is 0.500. The molecular weight excluding hydrogens is 264 g/mol. The molecule has 2 N–H and O–H groups in total. The monoisotopic (exact) mass is 284 g/mol. The highest BCUT2D eigenvalue weighted by molar-refractivity contribution is 8.13. The van der Waals surface area contributed by atoms with Crippen LogP contribution >= 0.6 is 11.8 Å². The van der Waals surface area contributed by atoms with Crippen molar-refractivity contribution in [1.29, 1.82) is 0 Å². The summed E-state index contributed by atoms with van der Waals surface area (Å²) in [6, 6.07) is 3.63. The van der Waals surface area contributed by atoms with Gasteiger partial charge in [-0.2, -0.15) is 0 Å². The molecule has 0 heterocycles. The number of carbonyl (C=O) groups excluding carboxylic acids is 1. The number of rotatable bonds is 5. The zero-order valence-corrected chi connectivity index (χ0v) is 12.5. The van der Waals surface area contributed by atoms with Crippen molar-refractivity contribution in [3.05, 3.63) is 28.8 Å². The van der Waals surface area contributed by atoms with Crippen LogP contribution in [0.15, 0.2) is 12.1 Å². The summed E-state index contributed by atoms with van der Waals surface area (Å²) in [5.41, 5.74) is 2.41. The highest BCUT2D eigenvalue weighted by Gasteiger charge is 2.23. The van der Waals surface area contributed by atoms with Crippen LogP contribution in [0, 0.1) is 13.8 Å². The van der Waals surface area contributed by atoms with E-state index in [0.29, 0.717) is 5.56 Å². The first kappa shape index (κ1) is 16.0. The van der Waals surface area contributed by atoms with Gasteiger partial charge in [-0.05, 0) is 42.7 Å². The van der Waals surface area contributed by atoms with Gasteiger partial charge >= 0.3 is 0 Å². The normalized spacial score (nSPS) is 14.0. The highest BCUT2D eigenvalue weighted by atomic mass is 32.2. The summed E-state index contributed by atoms with van der Waals surface area (Å²) >= 11 is 1.01. The molecular formula is C14H20O4S. The fourth-order valence-electron chi connectivity index (χ4n) is 2.01. The predicted molar refractivity (Wildman–Crippen MR) is 76.6 cm³/mol. The molecule has 1 aromatic carbocycles. The van der Waals surface area contributed by atoms with Crippen molar-refractivity contribution in [2.75, 3.05) is 12.9 Å². The summed E-state index contributed by atoms with van der Waals surface area (Å²) in [6.07, 6.45) is -1.97. The highest BCUT2D eigenvalue weighted by Crippen LogP contribution is 2.29. The van der Waals surface area contributed by atoms with E-state index in [9.17, 15) is 15.0 Å². The van der Waals surface area contributed by atoms with E-state index in [-0.39, 0.29) is 10.9 Å². The average molecular weight is 284 g/mol. The van der Waals surface area contributed by atoms with E-state index in [4.69, 9.17) is 4.74 Å². The molecule has 0 saturated carbocycles. The maximum Gasteiger partial charge on any atom is 0.185 e. The molecule has 1 aromatic rings. The first-order valence-corrected chi connectivity index (χ1v) is 7.00. The van der Waals surface area contributed by atoms with Crippen molar-refractivity contribution in [1.82, 2.24) is 0 Å². The number of thioether (sulfide) groups is 1. The van der Waals surface area contributed by atoms with Crippen LogP contribution in [0.25, 0.3) is 0 Å². The van der Waals surface area contributed by atoms with E-state index in [1.165, 1.54) is 6.92 Å². The van der Waals surface area contributed by atoms with Crippen molar-refractivity contribution < 1.29 is 19.7 Å². The van der Waals surface area contributed by atoms with Crippen molar-refractivity contribution in [3.63, 3.8) is 0 Å². The van der Waals surface area contributed by atoms with Gasteiger partial charge in [0.2, 0.25) is 0 Å². The average Bonchev–Trinajstić information content (AvgIpc) is 2.34. The van der Waals surface area contributed by atoms with Crippen LogP contribution in [0.5, 0.6) is 5.75 Å². The maximum absolute atomic E-state index is 10.9. The van der Waals surface area contributed by atoms with Gasteiger partial charge < -0.3 is 14.9 Å². The Morgan fingerprint density at radius 3 is 2.26 bits per heavy atom. The van der Waals surface area contributed by atoms with Crippen LogP contribution in [0.1, 0.15) is 29.7 Å². The summed E-state index contributed by atoms with van der Waals surface area (Å²) in [5, 5.41) is 20.1. The number of aryl methyl sites for hydroxylation is 2. The second kappa shape index (κ2) is 6.93. The minimum Gasteiger partial charge on any atom is -0.497 e. The molecule has 0 spiro atoms. The van der Waals surface area contributed by atoms with Gasteiger partial charge in [0.15, 0.2) is 5.12 Å². The van der Waals surface area contributed by atoms with Crippen molar-refractivity contribution in [2.45, 2.75) is 33.0 Å². The Morgan fingerprint density at radius 2 is 1.84 bits per heavy atom. The van der Waals surface area contributed by atoms with Gasteiger partial charge in [0, 0.05) is 12.7 Å². The number of ether oxygens (including phenoxy) is 1. The number of aliphatic hydroxyl groups excluding tert-OH is 2. The van der Waals surface area contributed by atoms with Crippen LogP contribution in [-0.2, 0) is 4.79 Å². The number of methoxy groups -OCH3 is 1. The van der Waals surface area contributed by atoms with Crippen LogP contribution in [0.3, 0.4) is 0 Å². The molecule has 0 aliphatic heterocycles. The number of carbonyl (C=O) groups is 1. The van der Waals surface area contributed by atoms with E-state index in [1.54, 1.807) is 7.11 Å². The molecule has 0 aromatic heterocycles. The standard InChI is InChI=1S/C14H20O4S/c1-8-5-11(18-4)6-9(2)13(8)14(17)12(16)7-19-10(3)15/h5-6,12,14,16-17H,7H2,1-4H3. The lowest BCUT2D eigenvalue weighted by Crippen LogP contribution is -2.23. The molecule has 0 fully saturated rings. The zero-order valence-electron chi connectivity index (χ0n) is 11.6. The van der Waals surface area contributed by atoms with E-state index < -0.39 is 12.2 Å². The number of hydrogen-bond donors (Lipinski definition) is 2. The minimum atomic E-state index is -1.00. The number of hydrogen-bond acceptors (Lipinski definition) is 5. The van der Waals surface area contributed by atoms with Gasteiger partial charge in [-0.3, -0.25) is 4.79 Å². The van der Waals surface area contributed by atoms with Crippen LogP contribution < -0.4 is 4.74 Å². The summed E-state index contributed by atoms with van der Waals surface area (Å²) in [6.45, 7) is 5.16. The molecule has 1 rings (SSSR count). The molecule has 0 aliphatic carbocycles. The summed E-state index contributed by atoms with van der Waals surface area (Å²) < 4.78 is 5.16. The molecule has 2 unspecified atom stereocenters. The number of aliphatic hydroxyl groups is 2. The van der Waals surface area contributed by atoms with Gasteiger partial charge in [0.1, 0.15) is 11.9 Å². The summed E-state index contributed by atoms with van der Waals surface area (Å²) in [5.74, 6) is 0.903. The minimum absolute atomic E-state index is 0.0746. The molecule has 0 saturated heterocycles. The Morgan fingerprint density at radius 1 is 1.32 bits per heavy atom. The first-order chi connectivity index (χ1) is 8.86. The largest absolute Gasteiger partial charge is 0.497 e. The third-order valence-corrected chi connectivity index (χ3v) is 3.84. The maximum atomic E-state index is 10.9. The van der Waals surface area contributed by atoms with Crippen LogP contribution in [-0.4, -0.2) is 34.3 Å². The Hall–Kier alpha value is -1.04. The SMILES string of the molecule is COc1cc(C)c(C(O)C(O)CSC(C)=O)c(C)c1. The van der Waals surface area contributed by atoms with E-state index in [1.807, 2.05) is 26.0 Å². The summed E-state index contributed by atoms with van der Waals surface area (Å²) in [4.78, 5) is 10.9. The van der Waals surface area contributed by atoms with Gasteiger partial charge in [0.05, 0.1) is 13.2 Å². The van der Waals surface area contributed by atoms with Crippen LogP contribution in [0.4, 0.5) is 0 Å². The third-order valence-electron chi connectivity index (χ3n) is 2.92. The third kappa shape index (κ3) is 4.23. The Balaban J connectivity index is 2.92. The number of benzene rings is 1. The Bertz CT molecular complexity index is 436. The Labute approximate surface area is 117 Å². The molecule has 4 nitrogen and oxygen atoms in total. The second-order valence-electron chi connectivity index (χ2n) is 4.49. The Kier molecular flexibility index (Phi) is 5.85. The molecule has 5 heteroatoms. The molecule has 0 radical (unpaired) electrons. The van der Waals surface area contributed by atoms with Crippen molar-refractivity contribution >= 4 is 16.9 Å². The van der Waals surface area contributed by atoms with E-state index in [0.717, 1.165) is 28.6 Å². The topological polar surface area (TPSA) is 66.8 Å². The van der Waals surface area contributed by atoms with Gasteiger partial charge in [0.25, 0.3) is 0 Å². The summed E-state index contributed by atoms with van der Waals surface area (Å²) in [7, 11) is 1.59. The van der Waals surface area contributed by atoms with Crippen LogP contribution in [0.2, 0.25) is 0 Å². The molecule has 0 aliphatic rings. The molecule has 0 amide bonds. The van der Waals surface area contributed by atoms with E-state index >= 15 is 0 Å². The molecule has 19 heavy (non-hydrogen) atoms. The van der Waals surface area contributed by atoms with E-state index in [2.05, 4.69) is 0 Å².